The molecule has 32 heavy (non-hydrogen) atoms. The topological polar surface area (TPSA) is 92.7 Å². The maximum absolute atomic E-state index is 13.1. The normalized spacial score (nSPS) is 13.9. The second kappa shape index (κ2) is 8.50. The van der Waals surface area contributed by atoms with Gasteiger partial charge < -0.3 is 18.7 Å². The van der Waals surface area contributed by atoms with E-state index in [-0.39, 0.29) is 11.8 Å². The van der Waals surface area contributed by atoms with Crippen LogP contribution in [0.3, 0.4) is 0 Å². The van der Waals surface area contributed by atoms with Gasteiger partial charge in [-0.1, -0.05) is 41.6 Å². The first-order valence-corrected chi connectivity index (χ1v) is 10.3. The minimum Gasteiger partial charge on any atom is -0.459 e. The molecular weight excluding hydrogens is 408 g/mol. The molecule has 8 heteroatoms. The molecule has 5 rings (SSSR count). The van der Waals surface area contributed by atoms with E-state index in [2.05, 4.69) is 10.1 Å². The highest BCUT2D eigenvalue weighted by molar-refractivity contribution is 5.96. The maximum atomic E-state index is 13.1. The van der Waals surface area contributed by atoms with Gasteiger partial charge in [-0.15, -0.1) is 0 Å². The molecule has 2 aromatic carbocycles. The number of nitrogens with zero attached hydrogens (tertiary/aromatic N) is 4. The molecule has 0 spiro atoms. The Morgan fingerprint density at radius 2 is 1.50 bits per heavy atom. The van der Waals surface area contributed by atoms with Crippen molar-refractivity contribution in [2.75, 3.05) is 26.2 Å². The molecule has 0 aliphatic carbocycles. The van der Waals surface area contributed by atoms with Gasteiger partial charge in [0.05, 0.1) is 6.26 Å². The minimum atomic E-state index is -0.158. The summed E-state index contributed by atoms with van der Waals surface area (Å²) >= 11 is 0. The third-order valence-corrected chi connectivity index (χ3v) is 5.40. The van der Waals surface area contributed by atoms with Crippen LogP contribution < -0.4 is 0 Å². The van der Waals surface area contributed by atoms with E-state index < -0.39 is 0 Å². The van der Waals surface area contributed by atoms with Crippen LogP contribution >= 0.6 is 0 Å². The van der Waals surface area contributed by atoms with Crippen molar-refractivity contribution in [1.29, 1.82) is 0 Å². The van der Waals surface area contributed by atoms with E-state index >= 15 is 0 Å². The summed E-state index contributed by atoms with van der Waals surface area (Å²) in [6.45, 7) is 1.81. The average Bonchev–Trinajstić information content (AvgIpc) is 3.57. The van der Waals surface area contributed by atoms with Crippen LogP contribution in [0, 0.1) is 0 Å². The molecule has 3 heterocycles. The van der Waals surface area contributed by atoms with E-state index in [0.717, 1.165) is 5.56 Å². The van der Waals surface area contributed by atoms with Crippen LogP contribution in [0.1, 0.15) is 20.9 Å². The quantitative estimate of drug-likeness (QED) is 0.493. The lowest BCUT2D eigenvalue weighted by molar-refractivity contribution is 0.0518. The molecule has 2 aromatic heterocycles. The molecule has 0 bridgehead atoms. The minimum absolute atomic E-state index is 0.0975. The SMILES string of the molecule is O=C(c1cccc(-c2nc(-c3ccccc3)no2)c1)N1CCN(C(=O)c2ccco2)CC1. The van der Waals surface area contributed by atoms with Crippen LogP contribution in [0.4, 0.5) is 0 Å². The first-order chi connectivity index (χ1) is 15.7. The zero-order chi connectivity index (χ0) is 21.9. The highest BCUT2D eigenvalue weighted by Gasteiger charge is 2.27. The third kappa shape index (κ3) is 3.90. The Morgan fingerprint density at radius 1 is 0.781 bits per heavy atom. The summed E-state index contributed by atoms with van der Waals surface area (Å²) in [6.07, 6.45) is 1.48. The van der Waals surface area contributed by atoms with Gasteiger partial charge >= 0.3 is 0 Å². The van der Waals surface area contributed by atoms with Crippen LogP contribution in [-0.4, -0.2) is 57.9 Å². The van der Waals surface area contributed by atoms with E-state index in [0.29, 0.717) is 54.8 Å². The van der Waals surface area contributed by atoms with E-state index in [1.807, 2.05) is 36.4 Å². The standard InChI is InChI=1S/C24H20N4O4/c29-23(27-11-13-28(14-12-27)24(30)20-10-5-15-31-20)19-9-4-8-18(16-19)22-25-21(26-32-22)17-6-2-1-3-7-17/h1-10,15-16H,11-14H2. The summed E-state index contributed by atoms with van der Waals surface area (Å²) in [5.74, 6) is 0.906. The second-order valence-corrected chi connectivity index (χ2v) is 7.43. The molecule has 4 aromatic rings. The highest BCUT2D eigenvalue weighted by Crippen LogP contribution is 2.23. The van der Waals surface area contributed by atoms with Crippen LogP contribution in [0.25, 0.3) is 22.8 Å². The van der Waals surface area contributed by atoms with Crippen molar-refractivity contribution in [3.05, 3.63) is 84.3 Å². The van der Waals surface area contributed by atoms with Crippen molar-refractivity contribution in [1.82, 2.24) is 19.9 Å². The summed E-state index contributed by atoms with van der Waals surface area (Å²) < 4.78 is 10.6. The Kier molecular flexibility index (Phi) is 5.25. The van der Waals surface area contributed by atoms with Crippen LogP contribution in [0.2, 0.25) is 0 Å². The zero-order valence-electron chi connectivity index (χ0n) is 17.2. The number of carbonyl (C=O) groups is 2. The first-order valence-electron chi connectivity index (χ1n) is 10.3. The second-order valence-electron chi connectivity index (χ2n) is 7.43. The molecule has 1 fully saturated rings. The molecule has 0 unspecified atom stereocenters. The zero-order valence-corrected chi connectivity index (χ0v) is 17.2. The number of piperazine rings is 1. The first kappa shape index (κ1) is 19.7. The van der Waals surface area contributed by atoms with Gasteiger partial charge in [-0.25, -0.2) is 0 Å². The van der Waals surface area contributed by atoms with Crippen LogP contribution in [0.15, 0.2) is 81.9 Å². The molecular formula is C24H20N4O4. The molecule has 1 saturated heterocycles. The largest absolute Gasteiger partial charge is 0.459 e. The Bertz CT molecular complexity index is 1230. The lowest BCUT2D eigenvalue weighted by Gasteiger charge is -2.34. The predicted molar refractivity (Wildman–Crippen MR) is 116 cm³/mol. The highest BCUT2D eigenvalue weighted by atomic mass is 16.5. The molecule has 1 aliphatic heterocycles. The molecule has 1 aliphatic rings. The summed E-state index contributed by atoms with van der Waals surface area (Å²) in [5.41, 5.74) is 2.07. The van der Waals surface area contributed by atoms with Gasteiger partial charge in [-0.2, -0.15) is 4.98 Å². The molecule has 2 amide bonds. The predicted octanol–water partition coefficient (Wildman–Crippen LogP) is 3.59. The number of aromatic nitrogens is 2. The number of rotatable bonds is 4. The lowest BCUT2D eigenvalue weighted by atomic mass is 10.1. The molecule has 160 valence electrons. The van der Waals surface area contributed by atoms with Gasteiger partial charge in [0.25, 0.3) is 17.7 Å². The van der Waals surface area contributed by atoms with Crippen molar-refractivity contribution in [3.63, 3.8) is 0 Å². The summed E-state index contributed by atoms with van der Waals surface area (Å²) in [5, 5.41) is 4.05. The fourth-order valence-electron chi connectivity index (χ4n) is 3.68. The van der Waals surface area contributed by atoms with Gasteiger partial charge in [0.15, 0.2) is 5.76 Å². The number of benzene rings is 2. The fourth-order valence-corrected chi connectivity index (χ4v) is 3.68. The fraction of sp³-hybridized carbons (Fsp3) is 0.167. The van der Waals surface area contributed by atoms with Crippen molar-refractivity contribution < 1.29 is 18.5 Å². The van der Waals surface area contributed by atoms with Crippen molar-refractivity contribution >= 4 is 11.8 Å². The molecule has 0 atom stereocenters. The average molecular weight is 428 g/mol. The number of carbonyl (C=O) groups excluding carboxylic acids is 2. The summed E-state index contributed by atoms with van der Waals surface area (Å²) in [6, 6.07) is 20.0. The summed E-state index contributed by atoms with van der Waals surface area (Å²) in [4.78, 5) is 33.4. The van der Waals surface area contributed by atoms with Gasteiger partial charge in [0.2, 0.25) is 5.82 Å². The van der Waals surface area contributed by atoms with Crippen molar-refractivity contribution in [2.24, 2.45) is 0 Å². The van der Waals surface area contributed by atoms with E-state index in [4.69, 9.17) is 8.94 Å². The van der Waals surface area contributed by atoms with E-state index in [1.54, 1.807) is 40.1 Å². The molecule has 0 N–H and O–H groups in total. The van der Waals surface area contributed by atoms with E-state index in [1.165, 1.54) is 6.26 Å². The Morgan fingerprint density at radius 3 is 2.22 bits per heavy atom. The molecule has 8 nitrogen and oxygen atoms in total. The Balaban J connectivity index is 1.27. The maximum Gasteiger partial charge on any atom is 0.289 e. The lowest BCUT2D eigenvalue weighted by Crippen LogP contribution is -2.50. The van der Waals surface area contributed by atoms with Gasteiger partial charge in [-0.05, 0) is 30.3 Å². The Hall–Kier alpha value is -4.20. The smallest absolute Gasteiger partial charge is 0.289 e. The van der Waals surface area contributed by atoms with Crippen LogP contribution in [0.5, 0.6) is 0 Å². The van der Waals surface area contributed by atoms with Gasteiger partial charge in [0.1, 0.15) is 0 Å². The molecule has 0 radical (unpaired) electrons. The van der Waals surface area contributed by atoms with Crippen molar-refractivity contribution in [2.45, 2.75) is 0 Å². The van der Waals surface area contributed by atoms with Crippen molar-refractivity contribution in [3.8, 4) is 22.8 Å². The third-order valence-electron chi connectivity index (χ3n) is 5.40. The van der Waals surface area contributed by atoms with Crippen LogP contribution in [-0.2, 0) is 0 Å². The van der Waals surface area contributed by atoms with Gasteiger partial charge in [0, 0.05) is 42.9 Å². The number of hydrogen-bond acceptors (Lipinski definition) is 6. The summed E-state index contributed by atoms with van der Waals surface area (Å²) in [7, 11) is 0. The Labute approximate surface area is 184 Å². The monoisotopic (exact) mass is 428 g/mol. The number of hydrogen-bond donors (Lipinski definition) is 0. The van der Waals surface area contributed by atoms with E-state index in [9.17, 15) is 9.59 Å². The molecule has 0 saturated carbocycles. The number of furan rings is 1. The number of amides is 2. The van der Waals surface area contributed by atoms with Gasteiger partial charge in [-0.3, -0.25) is 9.59 Å².